The average Bonchev–Trinajstić information content (AvgIpc) is 3.12. The van der Waals surface area contributed by atoms with Crippen LogP contribution in [-0.2, 0) is 16.0 Å². The van der Waals surface area contributed by atoms with Gasteiger partial charge in [0.1, 0.15) is 0 Å². The molecule has 168 valence electrons. The number of piperazine rings is 1. The number of nitrogens with zero attached hydrogens (tertiary/aromatic N) is 2. The molecule has 2 amide bonds. The lowest BCUT2D eigenvalue weighted by atomic mass is 9.90. The minimum absolute atomic E-state index is 0.0650. The molecular formula is C28H34N2O2. The minimum atomic E-state index is -0.0765. The summed E-state index contributed by atoms with van der Waals surface area (Å²) in [5.41, 5.74) is 7.31. The van der Waals surface area contributed by atoms with Crippen molar-refractivity contribution in [2.75, 3.05) is 13.1 Å². The van der Waals surface area contributed by atoms with Crippen LogP contribution >= 0.6 is 0 Å². The maximum atomic E-state index is 13.4. The predicted octanol–water partition coefficient (Wildman–Crippen LogP) is 5.07. The first kappa shape index (κ1) is 22.3. The summed E-state index contributed by atoms with van der Waals surface area (Å²) in [6.45, 7) is 9.62. The molecule has 0 radical (unpaired) electrons. The van der Waals surface area contributed by atoms with Gasteiger partial charge in [0.2, 0.25) is 11.8 Å². The van der Waals surface area contributed by atoms with E-state index in [0.717, 1.165) is 30.4 Å². The lowest BCUT2D eigenvalue weighted by molar-refractivity contribution is -0.140. The van der Waals surface area contributed by atoms with E-state index < -0.39 is 0 Å². The van der Waals surface area contributed by atoms with Crippen molar-refractivity contribution < 1.29 is 9.59 Å². The van der Waals surface area contributed by atoms with Crippen LogP contribution in [0.1, 0.15) is 60.0 Å². The first-order chi connectivity index (χ1) is 15.3. The van der Waals surface area contributed by atoms with E-state index in [-0.39, 0.29) is 23.9 Å². The summed E-state index contributed by atoms with van der Waals surface area (Å²) >= 11 is 0. The van der Waals surface area contributed by atoms with Gasteiger partial charge in [-0.3, -0.25) is 9.59 Å². The predicted molar refractivity (Wildman–Crippen MR) is 128 cm³/mol. The van der Waals surface area contributed by atoms with E-state index >= 15 is 0 Å². The second kappa shape index (κ2) is 9.32. The molecule has 0 spiro atoms. The molecule has 2 unspecified atom stereocenters. The fourth-order valence-electron chi connectivity index (χ4n) is 5.40. The first-order valence-corrected chi connectivity index (χ1v) is 11.7. The number of carbonyl (C=O) groups is 2. The van der Waals surface area contributed by atoms with Gasteiger partial charge in [-0.15, -0.1) is 0 Å². The van der Waals surface area contributed by atoms with Crippen LogP contribution in [0.25, 0.3) is 0 Å². The highest BCUT2D eigenvalue weighted by atomic mass is 16.2. The maximum Gasteiger partial charge on any atom is 0.247 e. The second-order valence-corrected chi connectivity index (χ2v) is 9.51. The van der Waals surface area contributed by atoms with Crippen LogP contribution in [0.4, 0.5) is 0 Å². The van der Waals surface area contributed by atoms with E-state index in [9.17, 15) is 9.59 Å². The van der Waals surface area contributed by atoms with Crippen molar-refractivity contribution in [3.8, 4) is 0 Å². The standard InChI is InChI=1S/C28H34N2O2/c1-19(9-10-23-16-20(2)15-21(3)17-23)18-27(32)30-14-13-29-25(11-12-26(29)31)28(30)24-8-6-5-7-22(24)4/h5-8,15-18,25,28H,9-14H2,1-4H3/b19-18+. The van der Waals surface area contributed by atoms with Crippen molar-refractivity contribution >= 4 is 11.8 Å². The average molecular weight is 431 g/mol. The van der Waals surface area contributed by atoms with E-state index in [1.54, 1.807) is 0 Å². The SMILES string of the molecule is C/C(=C\C(=O)N1CCN2C(=O)CCC2C1c1ccccc1C)CCc1cc(C)cc(C)c1. The number of allylic oxidation sites excluding steroid dienone is 1. The lowest BCUT2D eigenvalue weighted by Crippen LogP contribution is -2.55. The molecule has 2 atom stereocenters. The van der Waals surface area contributed by atoms with Crippen LogP contribution in [0.2, 0.25) is 0 Å². The van der Waals surface area contributed by atoms with Crippen LogP contribution in [0, 0.1) is 20.8 Å². The molecule has 0 N–H and O–H groups in total. The molecule has 2 heterocycles. The van der Waals surface area contributed by atoms with Crippen molar-refractivity contribution in [2.24, 2.45) is 0 Å². The Labute approximate surface area is 191 Å². The molecule has 0 aliphatic carbocycles. The Bertz CT molecular complexity index is 1030. The fraction of sp³-hybridized carbons (Fsp3) is 0.429. The summed E-state index contributed by atoms with van der Waals surface area (Å²) in [6, 6.07) is 14.9. The highest BCUT2D eigenvalue weighted by Crippen LogP contribution is 2.39. The van der Waals surface area contributed by atoms with Crippen molar-refractivity contribution in [3.05, 3.63) is 81.9 Å². The lowest BCUT2D eigenvalue weighted by Gasteiger charge is -2.45. The van der Waals surface area contributed by atoms with Gasteiger partial charge in [0.05, 0.1) is 12.1 Å². The number of amides is 2. The Balaban J connectivity index is 1.54. The quantitative estimate of drug-likeness (QED) is 0.622. The van der Waals surface area contributed by atoms with E-state index in [2.05, 4.69) is 58.0 Å². The highest BCUT2D eigenvalue weighted by Gasteiger charge is 2.44. The van der Waals surface area contributed by atoms with Gasteiger partial charge >= 0.3 is 0 Å². The number of hydrogen-bond acceptors (Lipinski definition) is 2. The topological polar surface area (TPSA) is 40.6 Å². The molecule has 0 bridgehead atoms. The summed E-state index contributed by atoms with van der Waals surface area (Å²) < 4.78 is 0. The van der Waals surface area contributed by atoms with Crippen molar-refractivity contribution in [3.63, 3.8) is 0 Å². The largest absolute Gasteiger partial charge is 0.335 e. The summed E-state index contributed by atoms with van der Waals surface area (Å²) in [7, 11) is 0. The smallest absolute Gasteiger partial charge is 0.247 e. The van der Waals surface area contributed by atoms with Crippen LogP contribution in [0.5, 0.6) is 0 Å². The zero-order valence-corrected chi connectivity index (χ0v) is 19.7. The zero-order chi connectivity index (χ0) is 22.8. The summed E-state index contributed by atoms with van der Waals surface area (Å²) in [5, 5.41) is 0. The Hall–Kier alpha value is -2.88. The van der Waals surface area contributed by atoms with Crippen LogP contribution in [-0.4, -0.2) is 40.7 Å². The van der Waals surface area contributed by atoms with E-state index in [1.165, 1.54) is 22.3 Å². The van der Waals surface area contributed by atoms with Gasteiger partial charge in [0.25, 0.3) is 0 Å². The molecule has 4 rings (SSSR count). The fourth-order valence-corrected chi connectivity index (χ4v) is 5.40. The van der Waals surface area contributed by atoms with Crippen molar-refractivity contribution in [2.45, 2.75) is 65.5 Å². The summed E-state index contributed by atoms with van der Waals surface area (Å²) in [6.07, 6.45) is 5.02. The number of aryl methyl sites for hydroxylation is 4. The van der Waals surface area contributed by atoms with E-state index in [1.807, 2.05) is 28.0 Å². The van der Waals surface area contributed by atoms with Gasteiger partial charge < -0.3 is 9.80 Å². The third kappa shape index (κ3) is 4.64. The Morgan fingerprint density at radius 1 is 1.06 bits per heavy atom. The van der Waals surface area contributed by atoms with Gasteiger partial charge in [0, 0.05) is 25.6 Å². The zero-order valence-electron chi connectivity index (χ0n) is 19.7. The molecular weight excluding hydrogens is 396 g/mol. The van der Waals surface area contributed by atoms with Gasteiger partial charge in [0.15, 0.2) is 0 Å². The highest BCUT2D eigenvalue weighted by molar-refractivity contribution is 5.89. The Morgan fingerprint density at radius 2 is 1.78 bits per heavy atom. The third-order valence-corrected chi connectivity index (χ3v) is 6.91. The number of fused-ring (bicyclic) bond motifs is 1. The minimum Gasteiger partial charge on any atom is -0.335 e. The van der Waals surface area contributed by atoms with Crippen LogP contribution < -0.4 is 0 Å². The molecule has 2 fully saturated rings. The van der Waals surface area contributed by atoms with Gasteiger partial charge in [-0.1, -0.05) is 59.2 Å². The van der Waals surface area contributed by atoms with Crippen molar-refractivity contribution in [1.29, 1.82) is 0 Å². The Morgan fingerprint density at radius 3 is 2.50 bits per heavy atom. The number of hydrogen-bond donors (Lipinski definition) is 0. The third-order valence-electron chi connectivity index (χ3n) is 6.91. The molecule has 2 aromatic carbocycles. The summed E-state index contributed by atoms with van der Waals surface area (Å²) in [5.74, 6) is 0.288. The maximum absolute atomic E-state index is 13.4. The molecule has 2 aliphatic heterocycles. The molecule has 4 nitrogen and oxygen atoms in total. The molecule has 32 heavy (non-hydrogen) atoms. The van der Waals surface area contributed by atoms with Crippen LogP contribution in [0.15, 0.2) is 54.1 Å². The van der Waals surface area contributed by atoms with Gasteiger partial charge in [-0.2, -0.15) is 0 Å². The second-order valence-electron chi connectivity index (χ2n) is 9.51. The molecule has 0 aromatic heterocycles. The summed E-state index contributed by atoms with van der Waals surface area (Å²) in [4.78, 5) is 29.8. The molecule has 2 saturated heterocycles. The molecule has 2 aromatic rings. The Kier molecular flexibility index (Phi) is 6.50. The molecule has 4 heteroatoms. The number of carbonyl (C=O) groups excluding carboxylic acids is 2. The van der Waals surface area contributed by atoms with Gasteiger partial charge in [-0.25, -0.2) is 0 Å². The van der Waals surface area contributed by atoms with Crippen LogP contribution in [0.3, 0.4) is 0 Å². The molecule has 2 aliphatic rings. The monoisotopic (exact) mass is 430 g/mol. The molecule has 0 saturated carbocycles. The van der Waals surface area contributed by atoms with E-state index in [0.29, 0.717) is 19.5 Å². The van der Waals surface area contributed by atoms with Crippen molar-refractivity contribution in [1.82, 2.24) is 9.80 Å². The number of benzene rings is 2. The number of rotatable bonds is 5. The van der Waals surface area contributed by atoms with Gasteiger partial charge in [-0.05, 0) is 63.6 Å². The first-order valence-electron chi connectivity index (χ1n) is 11.7. The van der Waals surface area contributed by atoms with E-state index in [4.69, 9.17) is 0 Å². The normalized spacial score (nSPS) is 21.1.